The van der Waals surface area contributed by atoms with E-state index in [0.29, 0.717) is 6.54 Å². The molecule has 0 aromatic heterocycles. The minimum Gasteiger partial charge on any atom is -0.822 e. The zero-order valence-electron chi connectivity index (χ0n) is 13.2. The van der Waals surface area contributed by atoms with Crippen LogP contribution in [0.2, 0.25) is 0 Å². The summed E-state index contributed by atoms with van der Waals surface area (Å²) in [5, 5.41) is 6.35. The number of aliphatic hydroxyl groups is 1. The van der Waals surface area contributed by atoms with Crippen LogP contribution in [0, 0.1) is 0 Å². The van der Waals surface area contributed by atoms with Crippen molar-refractivity contribution in [3.8, 4) is 0 Å². The summed E-state index contributed by atoms with van der Waals surface area (Å²) in [5.41, 5.74) is 0. The van der Waals surface area contributed by atoms with Crippen molar-refractivity contribution < 1.29 is 53.1 Å². The molecule has 0 atom stereocenters. The summed E-state index contributed by atoms with van der Waals surface area (Å²) in [6.45, 7) is 2.64. The monoisotopic (exact) mass is 414 g/mol. The molecule has 0 radical (unpaired) electrons. The second kappa shape index (κ2) is 10.5. The number of unbranched alkanes of at least 4 members (excludes halogenated alkanes) is 2. The lowest BCUT2D eigenvalue weighted by Crippen LogP contribution is -2.34. The summed E-state index contributed by atoms with van der Waals surface area (Å²) in [6.07, 6.45) is 2.19. The third-order valence-corrected chi connectivity index (χ3v) is 6.78. The van der Waals surface area contributed by atoms with Gasteiger partial charge in [0.1, 0.15) is 0 Å². The molecule has 0 aliphatic heterocycles. The second-order valence-electron chi connectivity index (χ2n) is 5.07. The van der Waals surface area contributed by atoms with E-state index >= 15 is 0 Å². The van der Waals surface area contributed by atoms with Crippen molar-refractivity contribution in [1.82, 2.24) is 4.90 Å². The molecule has 0 aliphatic rings. The van der Waals surface area contributed by atoms with Crippen LogP contribution in [0.4, 0.5) is 0 Å². The zero-order valence-corrected chi connectivity index (χ0v) is 15.9. The van der Waals surface area contributed by atoms with Crippen molar-refractivity contribution in [2.24, 2.45) is 0 Å². The summed E-state index contributed by atoms with van der Waals surface area (Å²) in [7, 11) is -14.4. The molecule has 148 valence electrons. The standard InChI is InChI=1S/C9H23NO7P2.H3O4P/c1-3-4-5-7-10(2)8-6-9(11,18(12,13)14)19(15,16)17;1-5(2,3)4/h11H,3-8H2,1-2H3,(H2,12,13,14)(H2,15,16,17);(H3,1,2,3,4)/p-3. The van der Waals surface area contributed by atoms with Gasteiger partial charge in [0, 0.05) is 13.0 Å². The number of phosphoric acid groups is 1. The molecule has 0 aromatic carbocycles. The molecular formula is C9H23NO11P3-3. The van der Waals surface area contributed by atoms with E-state index in [1.54, 1.807) is 11.9 Å². The highest BCUT2D eigenvalue weighted by atomic mass is 31.2. The lowest BCUT2D eigenvalue weighted by molar-refractivity contribution is -0.432. The van der Waals surface area contributed by atoms with Gasteiger partial charge in [-0.25, -0.2) is 0 Å². The van der Waals surface area contributed by atoms with Crippen LogP contribution >= 0.6 is 23.0 Å². The first-order valence-electron chi connectivity index (χ1n) is 6.71. The Balaban J connectivity index is 0. The molecule has 0 heterocycles. The van der Waals surface area contributed by atoms with Crippen LogP contribution in [-0.4, -0.2) is 54.8 Å². The van der Waals surface area contributed by atoms with Crippen LogP contribution in [0.1, 0.15) is 32.6 Å². The van der Waals surface area contributed by atoms with Gasteiger partial charge in [-0.05, 0) is 20.0 Å². The molecule has 0 spiro atoms. The van der Waals surface area contributed by atoms with Crippen molar-refractivity contribution in [3.63, 3.8) is 0 Å². The van der Waals surface area contributed by atoms with Crippen LogP contribution in [0.5, 0.6) is 0 Å². The molecule has 12 nitrogen and oxygen atoms in total. The van der Waals surface area contributed by atoms with E-state index in [9.17, 15) is 14.2 Å². The maximum atomic E-state index is 11.1. The number of hydrogen-bond acceptors (Lipinski definition) is 8. The van der Waals surface area contributed by atoms with E-state index in [-0.39, 0.29) is 6.54 Å². The van der Waals surface area contributed by atoms with Crippen molar-refractivity contribution in [1.29, 1.82) is 0 Å². The fourth-order valence-electron chi connectivity index (χ4n) is 1.55. The van der Waals surface area contributed by atoms with Crippen LogP contribution in [-0.2, 0) is 13.7 Å². The summed E-state index contributed by atoms with van der Waals surface area (Å²) in [6, 6.07) is 0. The predicted molar refractivity (Wildman–Crippen MR) is 78.3 cm³/mol. The Bertz CT molecular complexity index is 465. The third kappa shape index (κ3) is 11.8. The summed E-state index contributed by atoms with van der Waals surface area (Å²) in [5.74, 6) is 0. The Morgan fingerprint density at radius 1 is 0.917 bits per heavy atom. The molecule has 0 fully saturated rings. The highest BCUT2D eigenvalue weighted by Crippen LogP contribution is 2.68. The van der Waals surface area contributed by atoms with Gasteiger partial charge in [0.15, 0.2) is 0 Å². The van der Waals surface area contributed by atoms with Gasteiger partial charge < -0.3 is 48.8 Å². The number of hydrogen-bond donors (Lipinski definition) is 5. The van der Waals surface area contributed by atoms with Crippen LogP contribution in [0.3, 0.4) is 0 Å². The van der Waals surface area contributed by atoms with Crippen molar-refractivity contribution in [2.75, 3.05) is 20.1 Å². The average Bonchev–Trinajstić information content (AvgIpc) is 2.31. The molecule has 0 unspecified atom stereocenters. The van der Waals surface area contributed by atoms with Gasteiger partial charge in [-0.1, -0.05) is 19.8 Å². The first-order valence-corrected chi connectivity index (χ1v) is 11.4. The Morgan fingerprint density at radius 3 is 1.58 bits per heavy atom. The zero-order chi connectivity index (χ0) is 19.8. The molecule has 0 amide bonds. The summed E-state index contributed by atoms with van der Waals surface area (Å²) < 4.78 is 30.8. The maximum absolute atomic E-state index is 11.1. The van der Waals surface area contributed by atoms with E-state index in [1.807, 2.05) is 6.92 Å². The fourth-order valence-corrected chi connectivity index (χ4v) is 3.69. The normalized spacial score (nSPS) is 13.6. The Labute approximate surface area is 139 Å². The van der Waals surface area contributed by atoms with E-state index in [0.717, 1.165) is 19.3 Å². The molecule has 0 saturated heterocycles. The first-order chi connectivity index (χ1) is 10.5. The Kier molecular flexibility index (Phi) is 11.6. The average molecular weight is 414 g/mol. The lowest BCUT2D eigenvalue weighted by Gasteiger charge is -2.36. The van der Waals surface area contributed by atoms with Gasteiger partial charge in [0.05, 0.1) is 0 Å². The van der Waals surface area contributed by atoms with Gasteiger partial charge in [0.2, 0.25) is 0 Å². The highest BCUT2D eigenvalue weighted by Gasteiger charge is 2.58. The van der Waals surface area contributed by atoms with Crippen molar-refractivity contribution in [3.05, 3.63) is 0 Å². The van der Waals surface area contributed by atoms with E-state index in [1.165, 1.54) is 0 Å². The molecule has 5 N–H and O–H groups in total. The van der Waals surface area contributed by atoms with Crippen LogP contribution < -0.4 is 14.7 Å². The van der Waals surface area contributed by atoms with Crippen molar-refractivity contribution >= 4 is 23.0 Å². The molecule has 0 aliphatic carbocycles. The molecular weight excluding hydrogens is 391 g/mol. The van der Waals surface area contributed by atoms with Gasteiger partial charge >= 0.3 is 15.2 Å². The molecule has 0 rings (SSSR count). The predicted octanol–water partition coefficient (Wildman–Crippen LogP) is -2.32. The van der Waals surface area contributed by atoms with Gasteiger partial charge in [-0.3, -0.25) is 9.13 Å². The van der Waals surface area contributed by atoms with Gasteiger partial charge in [0.25, 0.3) is 5.08 Å². The number of nitrogens with zero attached hydrogens (tertiary/aromatic N) is 1. The minimum absolute atomic E-state index is 0.0174. The second-order valence-corrected chi connectivity index (χ2v) is 9.97. The van der Waals surface area contributed by atoms with E-state index in [4.69, 9.17) is 38.8 Å². The molecule has 15 heteroatoms. The molecule has 0 bridgehead atoms. The third-order valence-electron chi connectivity index (χ3n) is 2.91. The van der Waals surface area contributed by atoms with Crippen molar-refractivity contribution in [2.45, 2.75) is 37.7 Å². The molecule has 0 aromatic rings. The van der Waals surface area contributed by atoms with Gasteiger partial charge in [-0.2, -0.15) is 7.82 Å². The van der Waals surface area contributed by atoms with Gasteiger partial charge in [-0.15, -0.1) is 0 Å². The highest BCUT2D eigenvalue weighted by molar-refractivity contribution is 7.72. The largest absolute Gasteiger partial charge is 0.822 e. The van der Waals surface area contributed by atoms with E-state index < -0.39 is 34.5 Å². The SMILES string of the molecule is CCCCCN(C)CCC(O)(P(=O)(O)O)P(=O)(O)O.O=P([O-])([O-])[O-]. The van der Waals surface area contributed by atoms with Crippen LogP contribution in [0.25, 0.3) is 0 Å². The van der Waals surface area contributed by atoms with Crippen LogP contribution in [0.15, 0.2) is 0 Å². The number of rotatable bonds is 9. The Morgan fingerprint density at radius 2 is 1.29 bits per heavy atom. The summed E-state index contributed by atoms with van der Waals surface area (Å²) in [4.78, 5) is 63.1. The molecule has 24 heavy (non-hydrogen) atoms. The lowest BCUT2D eigenvalue weighted by atomic mass is 10.2. The first kappa shape index (κ1) is 26.6. The maximum Gasteiger partial charge on any atom is 0.369 e. The molecule has 0 saturated carbocycles. The van der Waals surface area contributed by atoms with E-state index in [2.05, 4.69) is 0 Å². The smallest absolute Gasteiger partial charge is 0.369 e. The fraction of sp³-hybridized carbons (Fsp3) is 1.00. The summed E-state index contributed by atoms with van der Waals surface area (Å²) >= 11 is 0. The quantitative estimate of drug-likeness (QED) is 0.198. The minimum atomic E-state index is -5.39. The topological polar surface area (TPSA) is 225 Å². The Hall–Kier alpha value is 0.330.